The zero-order chi connectivity index (χ0) is 21.1. The highest BCUT2D eigenvalue weighted by molar-refractivity contribution is 6.08. The number of aryl methyl sites for hydroxylation is 3. The number of nitrogens with one attached hydrogen (secondary N) is 2. The molecule has 0 spiro atoms. The van der Waals surface area contributed by atoms with E-state index in [-0.39, 0.29) is 11.3 Å². The van der Waals surface area contributed by atoms with Crippen LogP contribution in [0.5, 0.6) is 0 Å². The first-order valence-corrected chi connectivity index (χ1v) is 8.87. The van der Waals surface area contributed by atoms with Crippen molar-refractivity contribution in [2.75, 3.05) is 10.6 Å². The van der Waals surface area contributed by atoms with Crippen LogP contribution in [0.2, 0.25) is 0 Å². The molecule has 5 nitrogen and oxygen atoms in total. The predicted octanol–water partition coefficient (Wildman–Crippen LogP) is 4.79. The first kappa shape index (κ1) is 20.1. The Morgan fingerprint density at radius 2 is 1.41 bits per heavy atom. The van der Waals surface area contributed by atoms with Gasteiger partial charge in [0.05, 0.1) is 0 Å². The minimum absolute atomic E-state index is 0.141. The van der Waals surface area contributed by atoms with E-state index in [2.05, 4.69) is 15.6 Å². The summed E-state index contributed by atoms with van der Waals surface area (Å²) in [5, 5.41) is 4.99. The van der Waals surface area contributed by atoms with Gasteiger partial charge >= 0.3 is 0 Å². The average molecular weight is 395 g/mol. The van der Waals surface area contributed by atoms with Crippen molar-refractivity contribution in [1.29, 1.82) is 0 Å². The van der Waals surface area contributed by atoms with Crippen molar-refractivity contribution in [3.8, 4) is 0 Å². The van der Waals surface area contributed by atoms with Crippen LogP contribution in [0.3, 0.4) is 0 Å². The van der Waals surface area contributed by atoms with E-state index in [9.17, 15) is 18.4 Å². The molecule has 0 radical (unpaired) electrons. The summed E-state index contributed by atoms with van der Waals surface area (Å²) in [4.78, 5) is 28.9. The number of rotatable bonds is 4. The summed E-state index contributed by atoms with van der Waals surface area (Å²) in [6, 6.07) is 9.88. The lowest BCUT2D eigenvalue weighted by molar-refractivity contribution is 0.102. The van der Waals surface area contributed by atoms with Crippen LogP contribution in [0.15, 0.2) is 48.7 Å². The summed E-state index contributed by atoms with van der Waals surface area (Å²) >= 11 is 0. The Morgan fingerprint density at radius 1 is 0.828 bits per heavy atom. The largest absolute Gasteiger partial charge is 0.322 e. The molecule has 0 fully saturated rings. The maximum absolute atomic E-state index is 13.7. The van der Waals surface area contributed by atoms with Gasteiger partial charge in [0, 0.05) is 17.4 Å². The van der Waals surface area contributed by atoms with Gasteiger partial charge in [-0.15, -0.1) is 0 Å². The summed E-state index contributed by atoms with van der Waals surface area (Å²) < 4.78 is 27.5. The number of benzene rings is 2. The van der Waals surface area contributed by atoms with Gasteiger partial charge in [0.1, 0.15) is 23.0 Å². The van der Waals surface area contributed by atoms with Gasteiger partial charge in [0.15, 0.2) is 0 Å². The Balaban J connectivity index is 1.82. The lowest BCUT2D eigenvalue weighted by Gasteiger charge is -2.13. The number of aromatic nitrogens is 1. The van der Waals surface area contributed by atoms with E-state index in [1.807, 2.05) is 32.9 Å². The number of pyridine rings is 1. The molecule has 3 aromatic rings. The van der Waals surface area contributed by atoms with Crippen LogP contribution in [-0.4, -0.2) is 16.8 Å². The monoisotopic (exact) mass is 395 g/mol. The van der Waals surface area contributed by atoms with Crippen LogP contribution in [-0.2, 0) is 0 Å². The second kappa shape index (κ2) is 8.18. The second-order valence-corrected chi connectivity index (χ2v) is 6.71. The molecule has 3 rings (SSSR count). The predicted molar refractivity (Wildman–Crippen MR) is 107 cm³/mol. The number of amides is 2. The highest BCUT2D eigenvalue weighted by Crippen LogP contribution is 2.23. The summed E-state index contributed by atoms with van der Waals surface area (Å²) in [6.45, 7) is 5.76. The Morgan fingerprint density at radius 3 is 2.03 bits per heavy atom. The molecule has 1 aromatic heterocycles. The quantitative estimate of drug-likeness (QED) is 0.667. The van der Waals surface area contributed by atoms with E-state index in [1.165, 1.54) is 24.4 Å². The van der Waals surface area contributed by atoms with Gasteiger partial charge in [-0.25, -0.2) is 8.78 Å². The normalized spacial score (nSPS) is 10.5. The van der Waals surface area contributed by atoms with Crippen LogP contribution in [0.25, 0.3) is 0 Å². The van der Waals surface area contributed by atoms with Crippen molar-refractivity contribution in [2.45, 2.75) is 20.8 Å². The Labute approximate surface area is 166 Å². The fraction of sp³-hybridized carbons (Fsp3) is 0.136. The number of halogens is 2. The van der Waals surface area contributed by atoms with Crippen LogP contribution >= 0.6 is 0 Å². The first-order chi connectivity index (χ1) is 13.8. The van der Waals surface area contributed by atoms with Crippen LogP contribution in [0.4, 0.5) is 20.2 Å². The van der Waals surface area contributed by atoms with E-state index in [4.69, 9.17) is 0 Å². The molecule has 2 aromatic carbocycles. The number of hydrogen-bond acceptors (Lipinski definition) is 3. The first-order valence-electron chi connectivity index (χ1n) is 8.87. The molecule has 0 aliphatic rings. The molecule has 0 aliphatic heterocycles. The van der Waals surface area contributed by atoms with Gasteiger partial charge in [0.2, 0.25) is 0 Å². The maximum Gasteiger partial charge on any atom is 0.274 e. The molecule has 29 heavy (non-hydrogen) atoms. The zero-order valence-electron chi connectivity index (χ0n) is 16.1. The molecular formula is C22H19F2N3O2. The highest BCUT2D eigenvalue weighted by Gasteiger charge is 2.17. The fourth-order valence-corrected chi connectivity index (χ4v) is 3.05. The molecule has 0 atom stereocenters. The van der Waals surface area contributed by atoms with Crippen LogP contribution < -0.4 is 10.6 Å². The fourth-order valence-electron chi connectivity index (χ4n) is 3.05. The molecule has 0 unspecified atom stereocenters. The van der Waals surface area contributed by atoms with Crippen molar-refractivity contribution in [3.63, 3.8) is 0 Å². The van der Waals surface area contributed by atoms with Gasteiger partial charge in [-0.3, -0.25) is 14.6 Å². The summed E-state index contributed by atoms with van der Waals surface area (Å²) in [7, 11) is 0. The molecule has 2 amide bonds. The standard InChI is InChI=1S/C22H19F2N3O2/c1-12-9-13(2)19(14(3)10-12)26-21(28)15-7-8-25-18(11-15)22(29)27-20-16(23)5-4-6-17(20)24/h4-11H,1-3H3,(H,26,28)(H,27,29). The van der Waals surface area contributed by atoms with Gasteiger partial charge in [0.25, 0.3) is 11.8 Å². The minimum atomic E-state index is -0.905. The van der Waals surface area contributed by atoms with E-state index < -0.39 is 29.1 Å². The van der Waals surface area contributed by atoms with E-state index >= 15 is 0 Å². The van der Waals surface area contributed by atoms with Crippen molar-refractivity contribution in [3.05, 3.63) is 88.2 Å². The van der Waals surface area contributed by atoms with Gasteiger partial charge < -0.3 is 10.6 Å². The van der Waals surface area contributed by atoms with Gasteiger partial charge in [-0.05, 0) is 56.2 Å². The molecule has 0 bridgehead atoms. The third-order valence-electron chi connectivity index (χ3n) is 4.37. The highest BCUT2D eigenvalue weighted by atomic mass is 19.1. The minimum Gasteiger partial charge on any atom is -0.322 e. The second-order valence-electron chi connectivity index (χ2n) is 6.71. The molecule has 148 valence electrons. The molecule has 7 heteroatoms. The Hall–Kier alpha value is -3.61. The van der Waals surface area contributed by atoms with Gasteiger partial charge in [-0.2, -0.15) is 0 Å². The Bertz CT molecular complexity index is 1070. The third-order valence-corrected chi connectivity index (χ3v) is 4.37. The van der Waals surface area contributed by atoms with Crippen molar-refractivity contribution >= 4 is 23.2 Å². The summed E-state index contributed by atoms with van der Waals surface area (Å²) in [5.41, 5.74) is 3.09. The Kier molecular flexibility index (Phi) is 5.68. The third kappa shape index (κ3) is 4.45. The molecule has 0 saturated heterocycles. The number of carbonyl (C=O) groups is 2. The van der Waals surface area contributed by atoms with Crippen molar-refractivity contribution in [1.82, 2.24) is 4.98 Å². The van der Waals surface area contributed by atoms with Crippen LogP contribution in [0, 0.1) is 32.4 Å². The summed E-state index contributed by atoms with van der Waals surface area (Å²) in [5.74, 6) is -3.06. The van der Waals surface area contributed by atoms with Gasteiger partial charge in [-0.1, -0.05) is 23.8 Å². The molecule has 2 N–H and O–H groups in total. The molecular weight excluding hydrogens is 376 g/mol. The zero-order valence-corrected chi connectivity index (χ0v) is 16.1. The number of nitrogens with zero attached hydrogens (tertiary/aromatic N) is 1. The number of anilines is 2. The van der Waals surface area contributed by atoms with Crippen molar-refractivity contribution in [2.24, 2.45) is 0 Å². The molecule has 1 heterocycles. The number of para-hydroxylation sites is 1. The lowest BCUT2D eigenvalue weighted by atomic mass is 10.0. The van der Waals surface area contributed by atoms with Crippen LogP contribution in [0.1, 0.15) is 37.5 Å². The maximum atomic E-state index is 13.7. The average Bonchev–Trinajstić information content (AvgIpc) is 2.67. The van der Waals surface area contributed by atoms with E-state index in [1.54, 1.807) is 0 Å². The van der Waals surface area contributed by atoms with Crippen molar-refractivity contribution < 1.29 is 18.4 Å². The van der Waals surface area contributed by atoms with E-state index in [0.29, 0.717) is 5.69 Å². The number of carbonyl (C=O) groups excluding carboxylic acids is 2. The van der Waals surface area contributed by atoms with E-state index in [0.717, 1.165) is 28.8 Å². The summed E-state index contributed by atoms with van der Waals surface area (Å²) in [6.07, 6.45) is 1.29. The molecule has 0 aliphatic carbocycles. The SMILES string of the molecule is Cc1cc(C)c(NC(=O)c2ccnc(C(=O)Nc3c(F)cccc3F)c2)c(C)c1. The molecule has 0 saturated carbocycles. The topological polar surface area (TPSA) is 71.1 Å². The number of hydrogen-bond donors (Lipinski definition) is 2. The lowest BCUT2D eigenvalue weighted by Crippen LogP contribution is -2.18. The smallest absolute Gasteiger partial charge is 0.274 e.